The molecule has 1 atom stereocenters. The first-order chi connectivity index (χ1) is 14.2. The summed E-state index contributed by atoms with van der Waals surface area (Å²) in [6.07, 6.45) is 6.27. The van der Waals surface area contributed by atoms with Crippen molar-refractivity contribution in [1.82, 2.24) is 30.0 Å². The summed E-state index contributed by atoms with van der Waals surface area (Å²) >= 11 is 1.75. The Labute approximate surface area is 173 Å². The van der Waals surface area contributed by atoms with Crippen LogP contribution in [0.3, 0.4) is 0 Å². The minimum atomic E-state index is -0.203. The number of rotatable bonds is 7. The number of amides is 1. The first kappa shape index (κ1) is 19.2. The molecular weight excluding hydrogens is 384 g/mol. The molecule has 4 aromatic rings. The predicted octanol–water partition coefficient (Wildman–Crippen LogP) is 3.58. The third-order valence-corrected chi connectivity index (χ3v) is 5.47. The smallest absolute Gasteiger partial charge is 0.269 e. The number of imidazole rings is 1. The number of aromatic nitrogens is 5. The summed E-state index contributed by atoms with van der Waals surface area (Å²) in [4.78, 5) is 21.8. The molecule has 0 aliphatic rings. The van der Waals surface area contributed by atoms with Gasteiger partial charge in [-0.25, -0.2) is 4.98 Å². The molecule has 0 saturated heterocycles. The van der Waals surface area contributed by atoms with E-state index in [2.05, 4.69) is 31.3 Å². The van der Waals surface area contributed by atoms with Crippen molar-refractivity contribution in [2.24, 2.45) is 7.05 Å². The van der Waals surface area contributed by atoms with Crippen molar-refractivity contribution in [3.8, 4) is 11.3 Å². The van der Waals surface area contributed by atoms with Crippen molar-refractivity contribution in [3.63, 3.8) is 0 Å². The molecule has 0 radical (unpaired) electrons. The largest absolute Gasteiger partial charge is 0.341 e. The molecule has 1 amide bonds. The maximum atomic E-state index is 12.9. The number of nitrogens with zero attached hydrogens (tertiary/aromatic N) is 4. The molecule has 8 heteroatoms. The Morgan fingerprint density at radius 3 is 2.90 bits per heavy atom. The molecule has 0 aliphatic carbocycles. The Balaban J connectivity index is 1.59. The Morgan fingerprint density at radius 2 is 2.14 bits per heavy atom. The minimum Gasteiger partial charge on any atom is -0.341 e. The molecule has 0 aliphatic heterocycles. The molecule has 0 saturated carbocycles. The van der Waals surface area contributed by atoms with Crippen LogP contribution in [0.5, 0.6) is 0 Å². The zero-order valence-electron chi connectivity index (χ0n) is 16.3. The van der Waals surface area contributed by atoms with E-state index >= 15 is 0 Å². The maximum Gasteiger partial charge on any atom is 0.269 e. The highest BCUT2D eigenvalue weighted by Gasteiger charge is 2.22. The van der Waals surface area contributed by atoms with Gasteiger partial charge in [0.15, 0.2) is 0 Å². The van der Waals surface area contributed by atoms with Crippen molar-refractivity contribution in [3.05, 3.63) is 66.4 Å². The lowest BCUT2D eigenvalue weighted by atomic mass is 10.2. The quantitative estimate of drug-likeness (QED) is 0.490. The van der Waals surface area contributed by atoms with Crippen LogP contribution in [0.15, 0.2) is 54.9 Å². The van der Waals surface area contributed by atoms with Gasteiger partial charge in [-0.2, -0.15) is 16.9 Å². The first-order valence-electron chi connectivity index (χ1n) is 9.34. The van der Waals surface area contributed by atoms with E-state index in [1.165, 1.54) is 0 Å². The van der Waals surface area contributed by atoms with Gasteiger partial charge < -0.3 is 9.88 Å². The molecule has 1 aromatic carbocycles. The van der Waals surface area contributed by atoms with E-state index < -0.39 is 0 Å². The number of fused-ring (bicyclic) bond motifs is 1. The van der Waals surface area contributed by atoms with Crippen molar-refractivity contribution in [2.75, 3.05) is 12.0 Å². The molecule has 0 fully saturated rings. The lowest BCUT2D eigenvalue weighted by molar-refractivity contribution is 0.0928. The van der Waals surface area contributed by atoms with Crippen LogP contribution in [-0.2, 0) is 7.05 Å². The van der Waals surface area contributed by atoms with Crippen LogP contribution < -0.4 is 5.32 Å². The fourth-order valence-corrected chi connectivity index (χ4v) is 3.78. The van der Waals surface area contributed by atoms with Gasteiger partial charge in [-0.05, 0) is 48.8 Å². The molecule has 0 bridgehead atoms. The molecule has 0 unspecified atom stereocenters. The molecule has 148 valence electrons. The van der Waals surface area contributed by atoms with E-state index in [1.807, 2.05) is 43.4 Å². The lowest BCUT2D eigenvalue weighted by Crippen LogP contribution is -2.31. The van der Waals surface area contributed by atoms with Crippen molar-refractivity contribution in [1.29, 1.82) is 0 Å². The van der Waals surface area contributed by atoms with Gasteiger partial charge in [-0.3, -0.25) is 14.9 Å². The molecular formula is C21H22N6OS. The van der Waals surface area contributed by atoms with E-state index in [9.17, 15) is 4.79 Å². The standard InChI is InChI=1S/C21H22N6OS/c1-27-19-8-4-3-7-15(19)23-20(27)16(9-11-29-2)24-21(28)18-12-17(25-26-18)14-6-5-10-22-13-14/h3-8,10,12-13,16H,9,11H2,1-2H3,(H,24,28)(H,25,26)/t16-/m1/s1. The monoisotopic (exact) mass is 406 g/mol. The first-order valence-corrected chi connectivity index (χ1v) is 10.7. The van der Waals surface area contributed by atoms with Crippen molar-refractivity contribution < 1.29 is 4.79 Å². The van der Waals surface area contributed by atoms with Gasteiger partial charge in [0.05, 0.1) is 22.8 Å². The fourth-order valence-electron chi connectivity index (χ4n) is 3.31. The fraction of sp³-hybridized carbons (Fsp3) is 0.238. The van der Waals surface area contributed by atoms with Crippen LogP contribution >= 0.6 is 11.8 Å². The van der Waals surface area contributed by atoms with Crippen LogP contribution in [0.4, 0.5) is 0 Å². The van der Waals surface area contributed by atoms with E-state index in [4.69, 9.17) is 4.98 Å². The second-order valence-corrected chi connectivity index (χ2v) is 7.72. The van der Waals surface area contributed by atoms with Gasteiger partial charge in [0, 0.05) is 25.0 Å². The number of benzene rings is 1. The van der Waals surface area contributed by atoms with Crippen LogP contribution in [0, 0.1) is 0 Å². The summed E-state index contributed by atoms with van der Waals surface area (Å²) in [6, 6.07) is 13.3. The molecule has 7 nitrogen and oxygen atoms in total. The van der Waals surface area contributed by atoms with Crippen LogP contribution in [0.1, 0.15) is 28.8 Å². The number of carbonyl (C=O) groups excluding carboxylic acids is 1. The third kappa shape index (κ3) is 4.02. The SMILES string of the molecule is CSCC[C@@H](NC(=O)c1cc(-c2cccnc2)n[nH]1)c1nc2ccccc2n1C. The predicted molar refractivity (Wildman–Crippen MR) is 116 cm³/mol. The average molecular weight is 407 g/mol. The third-order valence-electron chi connectivity index (χ3n) is 4.83. The summed E-state index contributed by atoms with van der Waals surface area (Å²) in [5.74, 6) is 1.56. The summed E-state index contributed by atoms with van der Waals surface area (Å²) in [7, 11) is 1.99. The van der Waals surface area contributed by atoms with E-state index in [0.717, 1.165) is 34.6 Å². The van der Waals surface area contributed by atoms with Gasteiger partial charge in [0.25, 0.3) is 5.91 Å². The van der Waals surface area contributed by atoms with Crippen molar-refractivity contribution >= 4 is 28.7 Å². The molecule has 3 heterocycles. The number of hydrogen-bond donors (Lipinski definition) is 2. The topological polar surface area (TPSA) is 88.5 Å². The summed E-state index contributed by atoms with van der Waals surface area (Å²) < 4.78 is 2.05. The van der Waals surface area contributed by atoms with Gasteiger partial charge in [-0.1, -0.05) is 12.1 Å². The number of carbonyl (C=O) groups is 1. The summed E-state index contributed by atoms with van der Waals surface area (Å²) in [5.41, 5.74) is 3.93. The van der Waals surface area contributed by atoms with Gasteiger partial charge >= 0.3 is 0 Å². The highest BCUT2D eigenvalue weighted by atomic mass is 32.2. The number of hydrogen-bond acceptors (Lipinski definition) is 5. The number of nitrogens with one attached hydrogen (secondary N) is 2. The van der Waals surface area contributed by atoms with Gasteiger partial charge in [0.1, 0.15) is 11.5 Å². The minimum absolute atomic E-state index is 0.197. The number of thioether (sulfide) groups is 1. The van der Waals surface area contributed by atoms with Gasteiger partial charge in [-0.15, -0.1) is 0 Å². The van der Waals surface area contributed by atoms with E-state index in [0.29, 0.717) is 11.4 Å². The number of aryl methyl sites for hydroxylation is 1. The van der Waals surface area contributed by atoms with Crippen LogP contribution in [-0.4, -0.2) is 42.6 Å². The Morgan fingerprint density at radius 1 is 1.28 bits per heavy atom. The van der Waals surface area contributed by atoms with Crippen molar-refractivity contribution in [2.45, 2.75) is 12.5 Å². The molecule has 2 N–H and O–H groups in total. The maximum absolute atomic E-state index is 12.9. The zero-order valence-corrected chi connectivity index (χ0v) is 17.1. The molecule has 3 aromatic heterocycles. The Bertz CT molecular complexity index is 1120. The second-order valence-electron chi connectivity index (χ2n) is 6.73. The second kappa shape index (κ2) is 8.48. The molecule has 4 rings (SSSR count). The number of H-pyrrole nitrogens is 1. The average Bonchev–Trinajstić information content (AvgIpc) is 3.37. The lowest BCUT2D eigenvalue weighted by Gasteiger charge is -2.18. The van der Waals surface area contributed by atoms with E-state index in [1.54, 1.807) is 30.2 Å². The van der Waals surface area contributed by atoms with E-state index in [-0.39, 0.29) is 11.9 Å². The highest BCUT2D eigenvalue weighted by Crippen LogP contribution is 2.23. The Kier molecular flexibility index (Phi) is 5.62. The Hall–Kier alpha value is -3.13. The molecule has 29 heavy (non-hydrogen) atoms. The highest BCUT2D eigenvalue weighted by molar-refractivity contribution is 7.98. The summed E-state index contributed by atoms with van der Waals surface area (Å²) in [5, 5.41) is 10.2. The van der Waals surface area contributed by atoms with Crippen LogP contribution in [0.2, 0.25) is 0 Å². The number of pyridine rings is 1. The summed E-state index contributed by atoms with van der Waals surface area (Å²) in [6.45, 7) is 0. The normalized spacial score (nSPS) is 12.2. The number of aromatic amines is 1. The van der Waals surface area contributed by atoms with Gasteiger partial charge in [0.2, 0.25) is 0 Å². The number of para-hydroxylation sites is 2. The zero-order chi connectivity index (χ0) is 20.2. The van der Waals surface area contributed by atoms with Crippen LogP contribution in [0.25, 0.3) is 22.3 Å². The molecule has 0 spiro atoms.